The van der Waals surface area contributed by atoms with Gasteiger partial charge < -0.3 is 9.80 Å². The van der Waals surface area contributed by atoms with Crippen LogP contribution in [0, 0.1) is 13.8 Å². The third-order valence-electron chi connectivity index (χ3n) is 6.69. The molecule has 1 saturated heterocycles. The largest absolute Gasteiger partial charge is 0.363 e. The topological polar surface area (TPSA) is 56.8 Å². The molecule has 2 amide bonds. The van der Waals surface area contributed by atoms with Gasteiger partial charge in [-0.15, -0.1) is 0 Å². The number of imide groups is 1. The first-order valence-corrected chi connectivity index (χ1v) is 11.7. The van der Waals surface area contributed by atoms with Crippen molar-refractivity contribution in [2.24, 2.45) is 0 Å². The SMILES string of the molecule is Cc1ccc(C2=C(N3CCN(c4ccccn4)CC3)C(=O)N(Cc3ccccc3)C2=O)cc1C. The molecule has 1 aromatic heterocycles. The standard InChI is InChI=1S/C28H28N4O2/c1-20-11-12-23(18-21(20)2)25-26(28(34)32(27(25)33)19-22-8-4-3-5-9-22)31-16-14-30(15-17-31)24-10-6-7-13-29-24/h3-13,18H,14-17,19H2,1-2H3. The molecule has 0 aliphatic carbocycles. The predicted molar refractivity (Wildman–Crippen MR) is 133 cm³/mol. The van der Waals surface area contributed by atoms with Crippen LogP contribution in [0.2, 0.25) is 0 Å². The van der Waals surface area contributed by atoms with Crippen LogP contribution in [0.1, 0.15) is 22.3 Å². The van der Waals surface area contributed by atoms with Crippen molar-refractivity contribution in [2.45, 2.75) is 20.4 Å². The van der Waals surface area contributed by atoms with Gasteiger partial charge in [0.05, 0.1) is 12.1 Å². The van der Waals surface area contributed by atoms with E-state index in [2.05, 4.69) is 21.7 Å². The Morgan fingerprint density at radius 2 is 1.47 bits per heavy atom. The van der Waals surface area contributed by atoms with Gasteiger partial charge in [0.25, 0.3) is 11.8 Å². The molecule has 2 aliphatic rings. The molecule has 3 aromatic rings. The minimum absolute atomic E-state index is 0.214. The lowest BCUT2D eigenvalue weighted by atomic mass is 9.99. The number of hydrogen-bond acceptors (Lipinski definition) is 5. The number of hydrogen-bond donors (Lipinski definition) is 0. The van der Waals surface area contributed by atoms with Gasteiger partial charge >= 0.3 is 0 Å². The lowest BCUT2D eigenvalue weighted by Gasteiger charge is -2.37. The zero-order valence-electron chi connectivity index (χ0n) is 19.6. The molecule has 6 heteroatoms. The van der Waals surface area contributed by atoms with Gasteiger partial charge in [0, 0.05) is 32.4 Å². The average Bonchev–Trinajstić information content (AvgIpc) is 3.12. The number of rotatable bonds is 5. The van der Waals surface area contributed by atoms with E-state index in [0.717, 1.165) is 41.2 Å². The maximum Gasteiger partial charge on any atom is 0.278 e. The quantitative estimate of drug-likeness (QED) is 0.551. The van der Waals surface area contributed by atoms with E-state index in [1.165, 1.54) is 4.90 Å². The van der Waals surface area contributed by atoms with Crippen LogP contribution in [-0.4, -0.2) is 52.8 Å². The molecule has 0 spiro atoms. The van der Waals surface area contributed by atoms with Gasteiger partial charge in [0.1, 0.15) is 11.5 Å². The van der Waals surface area contributed by atoms with Crippen LogP contribution in [0.25, 0.3) is 5.57 Å². The third-order valence-corrected chi connectivity index (χ3v) is 6.69. The molecule has 2 aliphatic heterocycles. The van der Waals surface area contributed by atoms with Crippen molar-refractivity contribution in [1.82, 2.24) is 14.8 Å². The second kappa shape index (κ2) is 9.14. The van der Waals surface area contributed by atoms with Gasteiger partial charge in [0.2, 0.25) is 0 Å². The molecule has 0 saturated carbocycles. The Hall–Kier alpha value is -3.93. The Balaban J connectivity index is 1.48. The van der Waals surface area contributed by atoms with Crippen LogP contribution >= 0.6 is 0 Å². The number of benzene rings is 2. The molecule has 0 N–H and O–H groups in total. The molecule has 172 valence electrons. The van der Waals surface area contributed by atoms with E-state index in [1.54, 1.807) is 6.20 Å². The normalized spacial score (nSPS) is 16.6. The predicted octanol–water partition coefficient (Wildman–Crippen LogP) is 3.80. The van der Waals surface area contributed by atoms with E-state index < -0.39 is 0 Å². The Morgan fingerprint density at radius 1 is 0.765 bits per heavy atom. The van der Waals surface area contributed by atoms with Gasteiger partial charge in [-0.1, -0.05) is 54.6 Å². The summed E-state index contributed by atoms with van der Waals surface area (Å²) in [6.07, 6.45) is 1.79. The molecule has 0 atom stereocenters. The van der Waals surface area contributed by atoms with Crippen LogP contribution in [0.5, 0.6) is 0 Å². The average molecular weight is 453 g/mol. The van der Waals surface area contributed by atoms with Crippen LogP contribution in [-0.2, 0) is 16.1 Å². The highest BCUT2D eigenvalue weighted by Crippen LogP contribution is 2.34. The third kappa shape index (κ3) is 4.07. The fraction of sp³-hybridized carbons (Fsp3) is 0.250. The lowest BCUT2D eigenvalue weighted by Crippen LogP contribution is -2.47. The molecule has 5 rings (SSSR count). The minimum Gasteiger partial charge on any atom is -0.363 e. The van der Waals surface area contributed by atoms with Crippen molar-refractivity contribution in [3.63, 3.8) is 0 Å². The maximum atomic E-state index is 13.7. The number of nitrogens with zero attached hydrogens (tertiary/aromatic N) is 4. The molecule has 0 radical (unpaired) electrons. The fourth-order valence-corrected chi connectivity index (χ4v) is 4.62. The highest BCUT2D eigenvalue weighted by molar-refractivity contribution is 6.35. The number of aryl methyl sites for hydroxylation is 2. The van der Waals surface area contributed by atoms with E-state index in [1.807, 2.05) is 73.7 Å². The van der Waals surface area contributed by atoms with E-state index in [-0.39, 0.29) is 18.4 Å². The van der Waals surface area contributed by atoms with E-state index in [0.29, 0.717) is 24.4 Å². The second-order valence-electron chi connectivity index (χ2n) is 8.87. The number of amides is 2. The second-order valence-corrected chi connectivity index (χ2v) is 8.87. The first-order chi connectivity index (χ1) is 16.5. The van der Waals surface area contributed by atoms with Gasteiger partial charge in [-0.2, -0.15) is 0 Å². The molecular formula is C28H28N4O2. The zero-order chi connectivity index (χ0) is 23.7. The first kappa shape index (κ1) is 21.9. The van der Waals surface area contributed by atoms with Crippen molar-refractivity contribution in [3.05, 3.63) is 101 Å². The summed E-state index contributed by atoms with van der Waals surface area (Å²) in [5, 5.41) is 0. The summed E-state index contributed by atoms with van der Waals surface area (Å²) in [5.74, 6) is 0.498. The molecule has 2 aromatic carbocycles. The Labute approximate surface area is 200 Å². The number of carbonyl (C=O) groups is 2. The summed E-state index contributed by atoms with van der Waals surface area (Å²) in [6, 6.07) is 21.6. The number of aromatic nitrogens is 1. The number of pyridine rings is 1. The van der Waals surface area contributed by atoms with Crippen molar-refractivity contribution < 1.29 is 9.59 Å². The summed E-state index contributed by atoms with van der Waals surface area (Å²) >= 11 is 0. The molecule has 3 heterocycles. The number of anilines is 1. The maximum absolute atomic E-state index is 13.7. The van der Waals surface area contributed by atoms with Crippen molar-refractivity contribution in [2.75, 3.05) is 31.1 Å². The zero-order valence-corrected chi connectivity index (χ0v) is 19.6. The molecule has 34 heavy (non-hydrogen) atoms. The molecule has 0 bridgehead atoms. The Kier molecular flexibility index (Phi) is 5.88. The number of piperazine rings is 1. The van der Waals surface area contributed by atoms with Gasteiger partial charge in [0.15, 0.2) is 0 Å². The van der Waals surface area contributed by atoms with Crippen LogP contribution in [0.15, 0.2) is 78.6 Å². The number of carbonyl (C=O) groups excluding carboxylic acids is 2. The molecule has 1 fully saturated rings. The smallest absolute Gasteiger partial charge is 0.278 e. The summed E-state index contributed by atoms with van der Waals surface area (Å²) in [5.41, 5.74) is 5.03. The molecule has 6 nitrogen and oxygen atoms in total. The van der Waals surface area contributed by atoms with Crippen molar-refractivity contribution >= 4 is 23.2 Å². The first-order valence-electron chi connectivity index (χ1n) is 11.7. The van der Waals surface area contributed by atoms with Gasteiger partial charge in [-0.25, -0.2) is 4.98 Å². The Morgan fingerprint density at radius 3 is 2.15 bits per heavy atom. The summed E-state index contributed by atoms with van der Waals surface area (Å²) < 4.78 is 0. The van der Waals surface area contributed by atoms with Crippen LogP contribution < -0.4 is 4.90 Å². The monoisotopic (exact) mass is 452 g/mol. The van der Waals surface area contributed by atoms with E-state index in [4.69, 9.17) is 0 Å². The van der Waals surface area contributed by atoms with Gasteiger partial charge in [-0.05, 0) is 48.2 Å². The highest BCUT2D eigenvalue weighted by Gasteiger charge is 2.42. The molecule has 0 unspecified atom stereocenters. The minimum atomic E-state index is -0.223. The van der Waals surface area contributed by atoms with E-state index >= 15 is 0 Å². The van der Waals surface area contributed by atoms with E-state index in [9.17, 15) is 9.59 Å². The molecular weight excluding hydrogens is 424 g/mol. The summed E-state index contributed by atoms with van der Waals surface area (Å²) in [6.45, 7) is 7.13. The van der Waals surface area contributed by atoms with Crippen LogP contribution in [0.3, 0.4) is 0 Å². The Bertz CT molecular complexity index is 1250. The summed E-state index contributed by atoms with van der Waals surface area (Å²) in [4.78, 5) is 37.5. The van der Waals surface area contributed by atoms with Crippen molar-refractivity contribution in [3.8, 4) is 0 Å². The lowest BCUT2D eigenvalue weighted by molar-refractivity contribution is -0.138. The van der Waals surface area contributed by atoms with Crippen molar-refractivity contribution in [1.29, 1.82) is 0 Å². The highest BCUT2D eigenvalue weighted by atomic mass is 16.2. The summed E-state index contributed by atoms with van der Waals surface area (Å²) in [7, 11) is 0. The van der Waals surface area contributed by atoms with Gasteiger partial charge in [-0.3, -0.25) is 14.5 Å². The van der Waals surface area contributed by atoms with Crippen LogP contribution in [0.4, 0.5) is 5.82 Å². The fourth-order valence-electron chi connectivity index (χ4n) is 4.62.